The molecule has 0 unspecified atom stereocenters. The molecule has 1 heterocycles. The SMILES string of the molecule is CCC(=O)O.N=C(c1ccccc1)c1cn(Cc2ccccc2)c2ccccc12. The number of aromatic nitrogens is 1. The fourth-order valence-corrected chi connectivity index (χ4v) is 3.12. The van der Waals surface area contributed by atoms with Gasteiger partial charge in [0.25, 0.3) is 0 Å². The molecule has 0 aliphatic carbocycles. The molecule has 2 N–H and O–H groups in total. The quantitative estimate of drug-likeness (QED) is 0.441. The van der Waals surface area contributed by atoms with Gasteiger partial charge < -0.3 is 9.67 Å². The molecule has 0 aliphatic heterocycles. The van der Waals surface area contributed by atoms with Crippen LogP contribution in [0.1, 0.15) is 30.0 Å². The summed E-state index contributed by atoms with van der Waals surface area (Å²) in [6.07, 6.45) is 2.33. The molecular formula is C25H24N2O2. The van der Waals surface area contributed by atoms with Crippen molar-refractivity contribution >= 4 is 22.6 Å². The number of hydrogen-bond acceptors (Lipinski definition) is 2. The van der Waals surface area contributed by atoms with Crippen LogP contribution in [0, 0.1) is 5.41 Å². The van der Waals surface area contributed by atoms with E-state index < -0.39 is 5.97 Å². The maximum atomic E-state index is 9.37. The normalized spacial score (nSPS) is 10.2. The Bertz CT molecular complexity index is 1100. The van der Waals surface area contributed by atoms with Gasteiger partial charge in [-0.2, -0.15) is 0 Å². The number of nitrogens with zero attached hydrogens (tertiary/aromatic N) is 1. The highest BCUT2D eigenvalue weighted by Gasteiger charge is 2.13. The number of hydrogen-bond donors (Lipinski definition) is 2. The highest BCUT2D eigenvalue weighted by molar-refractivity contribution is 6.17. The average Bonchev–Trinajstić information content (AvgIpc) is 3.13. The molecule has 0 fully saturated rings. The van der Waals surface area contributed by atoms with E-state index in [2.05, 4.69) is 53.2 Å². The van der Waals surface area contributed by atoms with Gasteiger partial charge in [-0.1, -0.05) is 85.8 Å². The van der Waals surface area contributed by atoms with Crippen molar-refractivity contribution < 1.29 is 9.90 Å². The Kier molecular flexibility index (Phi) is 6.59. The molecule has 0 atom stereocenters. The molecule has 4 aromatic rings. The van der Waals surface area contributed by atoms with E-state index in [1.54, 1.807) is 6.92 Å². The van der Waals surface area contributed by atoms with Crippen LogP contribution in [0.15, 0.2) is 91.1 Å². The maximum absolute atomic E-state index is 9.37. The summed E-state index contributed by atoms with van der Waals surface area (Å²) in [5.41, 5.74) is 4.92. The van der Waals surface area contributed by atoms with Crippen LogP contribution in [0.4, 0.5) is 0 Å². The summed E-state index contributed by atoms with van der Waals surface area (Å²) < 4.78 is 2.23. The van der Waals surface area contributed by atoms with Gasteiger partial charge in [0, 0.05) is 41.2 Å². The zero-order valence-corrected chi connectivity index (χ0v) is 16.4. The number of rotatable bonds is 5. The summed E-state index contributed by atoms with van der Waals surface area (Å²) in [4.78, 5) is 9.37. The van der Waals surface area contributed by atoms with Crippen molar-refractivity contribution in [3.05, 3.63) is 108 Å². The smallest absolute Gasteiger partial charge is 0.303 e. The van der Waals surface area contributed by atoms with Gasteiger partial charge in [-0.3, -0.25) is 10.2 Å². The van der Waals surface area contributed by atoms with Crippen molar-refractivity contribution in [1.82, 2.24) is 4.57 Å². The zero-order chi connectivity index (χ0) is 20.6. The van der Waals surface area contributed by atoms with E-state index in [4.69, 9.17) is 10.5 Å². The maximum Gasteiger partial charge on any atom is 0.303 e. The molecule has 146 valence electrons. The van der Waals surface area contributed by atoms with Crippen molar-refractivity contribution in [2.24, 2.45) is 0 Å². The van der Waals surface area contributed by atoms with E-state index in [9.17, 15) is 4.79 Å². The second kappa shape index (κ2) is 9.51. The predicted molar refractivity (Wildman–Crippen MR) is 118 cm³/mol. The van der Waals surface area contributed by atoms with Crippen molar-refractivity contribution in [2.45, 2.75) is 19.9 Å². The molecule has 4 nitrogen and oxygen atoms in total. The fourth-order valence-electron chi connectivity index (χ4n) is 3.12. The highest BCUT2D eigenvalue weighted by atomic mass is 16.4. The summed E-state index contributed by atoms with van der Waals surface area (Å²) >= 11 is 0. The van der Waals surface area contributed by atoms with Crippen LogP contribution in [0.3, 0.4) is 0 Å². The predicted octanol–water partition coefficient (Wildman–Crippen LogP) is 5.59. The number of benzene rings is 3. The van der Waals surface area contributed by atoms with Crippen LogP contribution in [0.5, 0.6) is 0 Å². The van der Waals surface area contributed by atoms with Crippen LogP contribution in [-0.2, 0) is 11.3 Å². The molecule has 0 amide bonds. The van der Waals surface area contributed by atoms with Crippen LogP contribution >= 0.6 is 0 Å². The lowest BCUT2D eigenvalue weighted by atomic mass is 10.0. The Morgan fingerprint density at radius 3 is 2.07 bits per heavy atom. The molecular weight excluding hydrogens is 360 g/mol. The summed E-state index contributed by atoms with van der Waals surface area (Å²) in [5.74, 6) is -0.745. The fraction of sp³-hybridized carbons (Fsp3) is 0.120. The Morgan fingerprint density at radius 2 is 1.45 bits per heavy atom. The molecule has 4 heteroatoms. The lowest BCUT2D eigenvalue weighted by Gasteiger charge is -2.05. The Morgan fingerprint density at radius 1 is 0.897 bits per heavy atom. The molecule has 0 saturated carbocycles. The lowest BCUT2D eigenvalue weighted by Crippen LogP contribution is -2.01. The third kappa shape index (κ3) is 4.99. The number of nitrogens with one attached hydrogen (secondary N) is 1. The molecule has 29 heavy (non-hydrogen) atoms. The second-order valence-corrected chi connectivity index (χ2v) is 6.66. The van der Waals surface area contributed by atoms with Gasteiger partial charge in [0.1, 0.15) is 0 Å². The standard InChI is InChI=1S/C22H18N2.C3H6O2/c23-22(18-11-5-2-6-12-18)20-16-24(15-17-9-3-1-4-10-17)21-14-8-7-13-19(20)21;1-2-3(4)5/h1-14,16,23H,15H2;2H2,1H3,(H,4,5). The van der Waals surface area contributed by atoms with E-state index in [-0.39, 0.29) is 6.42 Å². The van der Waals surface area contributed by atoms with Gasteiger partial charge in [0.2, 0.25) is 0 Å². The first-order valence-electron chi connectivity index (χ1n) is 9.58. The molecule has 0 spiro atoms. The molecule has 4 rings (SSSR count). The van der Waals surface area contributed by atoms with Gasteiger partial charge in [-0.25, -0.2) is 0 Å². The first-order chi connectivity index (χ1) is 14.1. The molecule has 0 aliphatic rings. The first kappa shape index (κ1) is 20.1. The summed E-state index contributed by atoms with van der Waals surface area (Å²) in [6.45, 7) is 2.41. The molecule has 3 aromatic carbocycles. The zero-order valence-electron chi connectivity index (χ0n) is 16.4. The largest absolute Gasteiger partial charge is 0.481 e. The van der Waals surface area contributed by atoms with Crippen molar-refractivity contribution in [3.8, 4) is 0 Å². The van der Waals surface area contributed by atoms with Crippen molar-refractivity contribution in [2.75, 3.05) is 0 Å². The molecule has 0 bridgehead atoms. The number of carboxylic acids is 1. The van der Waals surface area contributed by atoms with E-state index >= 15 is 0 Å². The number of para-hydroxylation sites is 1. The van der Waals surface area contributed by atoms with E-state index in [1.165, 1.54) is 5.56 Å². The number of aliphatic carboxylic acids is 1. The number of fused-ring (bicyclic) bond motifs is 1. The van der Waals surface area contributed by atoms with E-state index in [0.717, 1.165) is 28.6 Å². The Balaban J connectivity index is 0.000000431. The third-order valence-corrected chi connectivity index (χ3v) is 4.62. The van der Waals surface area contributed by atoms with Gasteiger partial charge in [0.05, 0.1) is 5.71 Å². The van der Waals surface area contributed by atoms with Crippen molar-refractivity contribution in [3.63, 3.8) is 0 Å². The van der Waals surface area contributed by atoms with Crippen LogP contribution in [-0.4, -0.2) is 21.4 Å². The third-order valence-electron chi connectivity index (χ3n) is 4.62. The monoisotopic (exact) mass is 384 g/mol. The minimum atomic E-state index is -0.745. The molecule has 1 aromatic heterocycles. The summed E-state index contributed by atoms with van der Waals surface area (Å²) in [5, 5.41) is 17.5. The van der Waals surface area contributed by atoms with E-state index in [0.29, 0.717) is 5.71 Å². The van der Waals surface area contributed by atoms with Crippen LogP contribution < -0.4 is 0 Å². The first-order valence-corrected chi connectivity index (χ1v) is 9.58. The molecule has 0 saturated heterocycles. The van der Waals surface area contributed by atoms with Gasteiger partial charge in [-0.15, -0.1) is 0 Å². The topological polar surface area (TPSA) is 66.1 Å². The Hall–Kier alpha value is -3.66. The van der Waals surface area contributed by atoms with Crippen LogP contribution in [0.2, 0.25) is 0 Å². The van der Waals surface area contributed by atoms with Crippen molar-refractivity contribution in [1.29, 1.82) is 5.41 Å². The van der Waals surface area contributed by atoms with Gasteiger partial charge in [-0.05, 0) is 11.6 Å². The Labute approximate surface area is 170 Å². The number of carboxylic acid groups (broad SMARTS) is 1. The van der Waals surface area contributed by atoms with Gasteiger partial charge in [0.15, 0.2) is 0 Å². The van der Waals surface area contributed by atoms with Gasteiger partial charge >= 0.3 is 5.97 Å². The number of carbonyl (C=O) groups is 1. The van der Waals surface area contributed by atoms with Crippen LogP contribution in [0.25, 0.3) is 10.9 Å². The highest BCUT2D eigenvalue weighted by Crippen LogP contribution is 2.24. The summed E-state index contributed by atoms with van der Waals surface area (Å²) in [7, 11) is 0. The minimum absolute atomic E-state index is 0.222. The second-order valence-electron chi connectivity index (χ2n) is 6.66. The lowest BCUT2D eigenvalue weighted by molar-refractivity contribution is -0.136. The average molecular weight is 384 g/mol. The van der Waals surface area contributed by atoms with E-state index in [1.807, 2.05) is 42.5 Å². The summed E-state index contributed by atoms with van der Waals surface area (Å²) in [6, 6.07) is 28.7. The minimum Gasteiger partial charge on any atom is -0.481 e. The molecule has 0 radical (unpaired) electrons.